The number of carboxylic acids is 1. The molecule has 1 aliphatic rings. The molecule has 1 aliphatic heterocycles. The van der Waals surface area contributed by atoms with Crippen LogP contribution in [0.15, 0.2) is 23.6 Å². The maximum Gasteiger partial charge on any atom is 0.547 e. The number of nitrogen functional groups attached to an aromatic ring is 1. The highest BCUT2D eigenvalue weighted by molar-refractivity contribution is 7.13. The number of hydrogen-bond acceptors (Lipinski definition) is 8. The fraction of sp³-hybridized carbons (Fsp3) is 0.294. The topological polar surface area (TPSA) is 176 Å². The van der Waals surface area contributed by atoms with Gasteiger partial charge in [-0.2, -0.15) is 0 Å². The minimum absolute atomic E-state index is 0.0623. The standard InChI is InChI=1S/C17H20BN5O6S/c1-2-20-17(27)23-12(10-7-30-16(19)21-10)14(24)22-11-6-8-4-3-5-9(15(25)26)13(8)29-18(11)28/h3-5,7,11-12,28H,2,6H2,1H3,(H2,19,21)(H,22,24)(H,25,26)(H2,20,23,27)/t11-,12?/m0/s1. The third kappa shape index (κ3) is 4.63. The number of carbonyl (C=O) groups excluding carboxylic acids is 2. The van der Waals surface area contributed by atoms with Crippen LogP contribution in [0.3, 0.4) is 0 Å². The van der Waals surface area contributed by atoms with E-state index < -0.39 is 37.0 Å². The molecule has 158 valence electrons. The quantitative estimate of drug-likeness (QED) is 0.343. The van der Waals surface area contributed by atoms with Crippen molar-refractivity contribution in [3.63, 3.8) is 0 Å². The molecule has 1 unspecified atom stereocenters. The summed E-state index contributed by atoms with van der Waals surface area (Å²) in [5.41, 5.74) is 6.34. The van der Waals surface area contributed by atoms with Crippen molar-refractivity contribution in [2.75, 3.05) is 12.3 Å². The zero-order valence-electron chi connectivity index (χ0n) is 15.9. The predicted octanol–water partition coefficient (Wildman–Crippen LogP) is -0.0767. The molecule has 2 aromatic rings. The number of aromatic carboxylic acids is 1. The lowest BCUT2D eigenvalue weighted by Gasteiger charge is -2.30. The van der Waals surface area contributed by atoms with Crippen LogP contribution in [0.5, 0.6) is 5.75 Å². The number of nitrogens with two attached hydrogens (primary N) is 1. The minimum atomic E-state index is -1.48. The molecule has 0 saturated carbocycles. The van der Waals surface area contributed by atoms with Crippen LogP contribution in [-0.2, 0) is 11.2 Å². The number of aromatic nitrogens is 1. The molecule has 7 N–H and O–H groups in total. The SMILES string of the molecule is CCNC(=O)NC(C(=O)N[C@H]1Cc2cccc(C(=O)O)c2OB1O)c1csc(N)n1. The number of rotatable bonds is 6. The van der Waals surface area contributed by atoms with Crippen LogP contribution in [0.25, 0.3) is 0 Å². The molecule has 3 rings (SSSR count). The van der Waals surface area contributed by atoms with Crippen LogP contribution in [0.4, 0.5) is 9.93 Å². The number of fused-ring (bicyclic) bond motifs is 1. The van der Waals surface area contributed by atoms with E-state index in [1.165, 1.54) is 6.07 Å². The van der Waals surface area contributed by atoms with E-state index in [1.807, 2.05) is 0 Å². The van der Waals surface area contributed by atoms with Crippen molar-refractivity contribution >= 4 is 41.5 Å². The fourth-order valence-electron chi connectivity index (χ4n) is 3.03. The highest BCUT2D eigenvalue weighted by atomic mass is 32.1. The average molecular weight is 433 g/mol. The normalized spacial score (nSPS) is 16.1. The van der Waals surface area contributed by atoms with E-state index in [4.69, 9.17) is 10.4 Å². The van der Waals surface area contributed by atoms with E-state index in [0.29, 0.717) is 12.1 Å². The van der Waals surface area contributed by atoms with E-state index >= 15 is 0 Å². The average Bonchev–Trinajstić information content (AvgIpc) is 3.12. The van der Waals surface area contributed by atoms with Crippen LogP contribution >= 0.6 is 11.3 Å². The van der Waals surface area contributed by atoms with E-state index in [0.717, 1.165) is 11.3 Å². The molecule has 0 radical (unpaired) electrons. The molecular formula is C17H20BN5O6S. The monoisotopic (exact) mass is 433 g/mol. The summed E-state index contributed by atoms with van der Waals surface area (Å²) in [6.45, 7) is 2.09. The molecule has 13 heteroatoms. The van der Waals surface area contributed by atoms with Crippen LogP contribution in [0.2, 0.25) is 0 Å². The first kappa shape index (κ1) is 21.4. The molecule has 2 atom stereocenters. The first-order valence-electron chi connectivity index (χ1n) is 9.05. The Balaban J connectivity index is 1.79. The number of thiazole rings is 1. The van der Waals surface area contributed by atoms with Crippen molar-refractivity contribution in [3.05, 3.63) is 40.4 Å². The second-order valence-electron chi connectivity index (χ2n) is 6.47. The van der Waals surface area contributed by atoms with Gasteiger partial charge in [-0.15, -0.1) is 11.3 Å². The number of nitrogens with one attached hydrogen (secondary N) is 3. The van der Waals surface area contributed by atoms with Crippen molar-refractivity contribution in [3.8, 4) is 5.75 Å². The molecule has 3 amide bonds. The van der Waals surface area contributed by atoms with Gasteiger partial charge in [0.1, 0.15) is 5.75 Å². The highest BCUT2D eigenvalue weighted by Gasteiger charge is 2.39. The summed E-state index contributed by atoms with van der Waals surface area (Å²) in [5.74, 6) is -2.62. The van der Waals surface area contributed by atoms with Gasteiger partial charge in [-0.05, 0) is 25.0 Å². The Morgan fingerprint density at radius 1 is 1.43 bits per heavy atom. The van der Waals surface area contributed by atoms with Crippen LogP contribution in [-0.4, -0.2) is 52.6 Å². The maximum absolute atomic E-state index is 12.9. The number of para-hydroxylation sites is 1. The second-order valence-corrected chi connectivity index (χ2v) is 7.36. The second kappa shape index (κ2) is 9.01. The van der Waals surface area contributed by atoms with Crippen molar-refractivity contribution < 1.29 is 29.2 Å². The molecule has 0 fully saturated rings. The molecular weight excluding hydrogens is 413 g/mol. The predicted molar refractivity (Wildman–Crippen MR) is 109 cm³/mol. The van der Waals surface area contributed by atoms with Gasteiger partial charge in [-0.25, -0.2) is 14.6 Å². The highest BCUT2D eigenvalue weighted by Crippen LogP contribution is 2.30. The Morgan fingerprint density at radius 2 is 2.20 bits per heavy atom. The summed E-state index contributed by atoms with van der Waals surface area (Å²) in [6.07, 6.45) is 0.135. The number of nitrogens with zero attached hydrogens (tertiary/aromatic N) is 1. The smallest absolute Gasteiger partial charge is 0.534 e. The summed E-state index contributed by atoms with van der Waals surface area (Å²) in [4.78, 5) is 40.3. The van der Waals surface area contributed by atoms with Gasteiger partial charge in [-0.1, -0.05) is 12.1 Å². The van der Waals surface area contributed by atoms with Crippen LogP contribution in [0, 0.1) is 0 Å². The molecule has 11 nitrogen and oxygen atoms in total. The summed E-state index contributed by atoms with van der Waals surface area (Å²) in [5, 5.41) is 29.1. The van der Waals surface area contributed by atoms with E-state index in [2.05, 4.69) is 20.9 Å². The lowest BCUT2D eigenvalue weighted by atomic mass is 9.72. The molecule has 1 aromatic heterocycles. The minimum Gasteiger partial charge on any atom is -0.534 e. The van der Waals surface area contributed by atoms with E-state index in [-0.39, 0.29) is 28.6 Å². The van der Waals surface area contributed by atoms with Gasteiger partial charge in [0.15, 0.2) is 11.2 Å². The number of urea groups is 1. The fourth-order valence-corrected chi connectivity index (χ4v) is 3.62. The van der Waals surface area contributed by atoms with Gasteiger partial charge in [0.05, 0.1) is 17.2 Å². The summed E-state index contributed by atoms with van der Waals surface area (Å²) < 4.78 is 5.37. The first-order chi connectivity index (χ1) is 14.3. The van der Waals surface area contributed by atoms with Crippen molar-refractivity contribution in [1.29, 1.82) is 0 Å². The molecule has 2 heterocycles. The van der Waals surface area contributed by atoms with Crippen LogP contribution in [0.1, 0.15) is 34.6 Å². The van der Waals surface area contributed by atoms with E-state index in [1.54, 1.807) is 24.4 Å². The molecule has 30 heavy (non-hydrogen) atoms. The Kier molecular flexibility index (Phi) is 6.42. The number of benzene rings is 1. The number of hydrogen-bond donors (Lipinski definition) is 6. The van der Waals surface area contributed by atoms with Gasteiger partial charge < -0.3 is 36.5 Å². The van der Waals surface area contributed by atoms with Gasteiger partial charge >= 0.3 is 19.1 Å². The van der Waals surface area contributed by atoms with Gasteiger partial charge in [0.25, 0.3) is 0 Å². The molecule has 0 saturated heterocycles. The Labute approximate surface area is 175 Å². The molecule has 0 spiro atoms. The third-order valence-corrected chi connectivity index (χ3v) is 5.08. The first-order valence-corrected chi connectivity index (χ1v) is 9.93. The van der Waals surface area contributed by atoms with Gasteiger partial charge in [-0.3, -0.25) is 4.79 Å². The van der Waals surface area contributed by atoms with Crippen molar-refractivity contribution in [1.82, 2.24) is 20.9 Å². The molecule has 0 aliphatic carbocycles. The van der Waals surface area contributed by atoms with Crippen LogP contribution < -0.4 is 26.3 Å². The lowest BCUT2D eigenvalue weighted by Crippen LogP contribution is -2.56. The Morgan fingerprint density at radius 3 is 2.83 bits per heavy atom. The molecule has 0 bridgehead atoms. The van der Waals surface area contributed by atoms with Gasteiger partial charge in [0.2, 0.25) is 5.91 Å². The number of amides is 3. The van der Waals surface area contributed by atoms with E-state index in [9.17, 15) is 24.5 Å². The summed E-state index contributed by atoms with van der Waals surface area (Å²) >= 11 is 1.12. The zero-order valence-corrected chi connectivity index (χ0v) is 16.7. The molecule has 1 aromatic carbocycles. The van der Waals surface area contributed by atoms with Gasteiger partial charge in [0, 0.05) is 11.9 Å². The Hall–Kier alpha value is -3.32. The van der Waals surface area contributed by atoms with Crippen molar-refractivity contribution in [2.24, 2.45) is 0 Å². The number of carboxylic acid groups (broad SMARTS) is 1. The number of anilines is 1. The lowest BCUT2D eigenvalue weighted by molar-refractivity contribution is -0.123. The third-order valence-electron chi connectivity index (χ3n) is 4.39. The Bertz CT molecular complexity index is 970. The summed E-state index contributed by atoms with van der Waals surface area (Å²) in [6, 6.07) is 2.86. The largest absolute Gasteiger partial charge is 0.547 e. The van der Waals surface area contributed by atoms with Crippen molar-refractivity contribution in [2.45, 2.75) is 25.3 Å². The zero-order chi connectivity index (χ0) is 21.8. The number of carbonyl (C=O) groups is 3. The maximum atomic E-state index is 12.9. The summed E-state index contributed by atoms with van der Waals surface area (Å²) in [7, 11) is -1.48.